The molecule has 0 radical (unpaired) electrons. The first-order valence-electron chi connectivity index (χ1n) is 7.47. The van der Waals surface area contributed by atoms with Crippen molar-refractivity contribution in [3.05, 3.63) is 62.5 Å². The Morgan fingerprint density at radius 2 is 2.08 bits per heavy atom. The maximum atomic E-state index is 12.4. The molecule has 124 valence electrons. The molecule has 0 spiro atoms. The van der Waals surface area contributed by atoms with Crippen LogP contribution in [0.25, 0.3) is 10.9 Å². The predicted octanol–water partition coefficient (Wildman–Crippen LogP) is 2.99. The number of furan rings is 1. The average Bonchev–Trinajstić information content (AvgIpc) is 2.99. The van der Waals surface area contributed by atoms with E-state index in [9.17, 15) is 9.59 Å². The molecule has 0 saturated heterocycles. The minimum atomic E-state index is -0.260. The lowest BCUT2D eigenvalue weighted by Crippen LogP contribution is -2.26. The summed E-state index contributed by atoms with van der Waals surface area (Å²) in [5.74, 6) is 1.23. The normalized spacial score (nSPS) is 12.3. The maximum absolute atomic E-state index is 12.4. The quantitative estimate of drug-likeness (QED) is 0.717. The SMILES string of the molecule is Cc1ccc([C@@H](C)NC(=O)c2ccc3c(=O)n(C)c(=S)[nH]c3c2)o1. The molecule has 24 heavy (non-hydrogen) atoms. The third kappa shape index (κ3) is 2.90. The lowest BCUT2D eigenvalue weighted by Gasteiger charge is -2.12. The zero-order valence-electron chi connectivity index (χ0n) is 13.5. The van der Waals surface area contributed by atoms with E-state index >= 15 is 0 Å². The Hall–Kier alpha value is -2.67. The number of H-pyrrole nitrogens is 1. The number of fused-ring (bicyclic) bond motifs is 1. The van der Waals surface area contributed by atoms with Crippen molar-refractivity contribution in [2.45, 2.75) is 19.9 Å². The van der Waals surface area contributed by atoms with Crippen LogP contribution >= 0.6 is 12.2 Å². The molecule has 0 fully saturated rings. The van der Waals surface area contributed by atoms with E-state index < -0.39 is 0 Å². The van der Waals surface area contributed by atoms with Crippen molar-refractivity contribution in [1.29, 1.82) is 0 Å². The Balaban J connectivity index is 1.91. The van der Waals surface area contributed by atoms with Crippen LogP contribution in [0.1, 0.15) is 34.8 Å². The minimum absolute atomic E-state index is 0.194. The number of aromatic amines is 1. The van der Waals surface area contributed by atoms with Gasteiger partial charge in [0.15, 0.2) is 4.77 Å². The monoisotopic (exact) mass is 343 g/mol. The summed E-state index contributed by atoms with van der Waals surface area (Å²) in [6.07, 6.45) is 0. The molecule has 0 aliphatic carbocycles. The van der Waals surface area contributed by atoms with Crippen LogP contribution in [0.2, 0.25) is 0 Å². The average molecular weight is 343 g/mol. The predicted molar refractivity (Wildman–Crippen MR) is 93.7 cm³/mol. The molecule has 1 amide bonds. The van der Waals surface area contributed by atoms with Gasteiger partial charge in [0.2, 0.25) is 0 Å². The van der Waals surface area contributed by atoms with Gasteiger partial charge in [-0.3, -0.25) is 14.2 Å². The first kappa shape index (κ1) is 16.2. The van der Waals surface area contributed by atoms with Crippen LogP contribution in [0.5, 0.6) is 0 Å². The highest BCUT2D eigenvalue weighted by Gasteiger charge is 2.15. The third-order valence-corrected chi connectivity index (χ3v) is 4.27. The molecule has 3 rings (SSSR count). The smallest absolute Gasteiger partial charge is 0.261 e. The molecule has 1 aromatic carbocycles. The van der Waals surface area contributed by atoms with E-state index in [1.807, 2.05) is 26.0 Å². The summed E-state index contributed by atoms with van der Waals surface area (Å²) in [4.78, 5) is 27.6. The summed E-state index contributed by atoms with van der Waals surface area (Å²) in [7, 11) is 1.61. The van der Waals surface area contributed by atoms with Crippen LogP contribution in [-0.4, -0.2) is 15.5 Å². The zero-order chi connectivity index (χ0) is 17.4. The maximum Gasteiger partial charge on any atom is 0.261 e. The van der Waals surface area contributed by atoms with Gasteiger partial charge in [-0.1, -0.05) is 0 Å². The van der Waals surface area contributed by atoms with E-state index in [0.717, 1.165) is 5.76 Å². The summed E-state index contributed by atoms with van der Waals surface area (Å²) in [5.41, 5.74) is 0.786. The minimum Gasteiger partial charge on any atom is -0.464 e. The first-order valence-corrected chi connectivity index (χ1v) is 7.88. The molecular formula is C17H17N3O3S. The van der Waals surface area contributed by atoms with Crippen molar-refractivity contribution in [1.82, 2.24) is 14.9 Å². The van der Waals surface area contributed by atoms with Crippen molar-refractivity contribution < 1.29 is 9.21 Å². The zero-order valence-corrected chi connectivity index (χ0v) is 14.4. The van der Waals surface area contributed by atoms with E-state index in [1.165, 1.54) is 4.57 Å². The van der Waals surface area contributed by atoms with Gasteiger partial charge in [0.25, 0.3) is 11.5 Å². The number of benzene rings is 1. The van der Waals surface area contributed by atoms with Gasteiger partial charge in [-0.25, -0.2) is 0 Å². The van der Waals surface area contributed by atoms with Crippen molar-refractivity contribution in [3.8, 4) is 0 Å². The second kappa shape index (κ2) is 6.09. The van der Waals surface area contributed by atoms with Crippen molar-refractivity contribution in [2.75, 3.05) is 0 Å². The number of amides is 1. The fourth-order valence-corrected chi connectivity index (χ4v) is 2.68. The molecule has 0 bridgehead atoms. The lowest BCUT2D eigenvalue weighted by atomic mass is 10.1. The largest absolute Gasteiger partial charge is 0.464 e. The molecule has 0 saturated carbocycles. The van der Waals surface area contributed by atoms with E-state index in [1.54, 1.807) is 25.2 Å². The second-order valence-corrected chi connectivity index (χ2v) is 6.08. The van der Waals surface area contributed by atoms with Crippen molar-refractivity contribution in [3.63, 3.8) is 0 Å². The Morgan fingerprint density at radius 1 is 1.33 bits per heavy atom. The van der Waals surface area contributed by atoms with E-state index in [0.29, 0.717) is 27.0 Å². The van der Waals surface area contributed by atoms with Crippen LogP contribution < -0.4 is 10.9 Å². The number of nitrogens with zero attached hydrogens (tertiary/aromatic N) is 1. The van der Waals surface area contributed by atoms with E-state index in [-0.39, 0.29) is 17.5 Å². The van der Waals surface area contributed by atoms with Gasteiger partial charge >= 0.3 is 0 Å². The summed E-state index contributed by atoms with van der Waals surface area (Å²) < 4.78 is 7.19. The van der Waals surface area contributed by atoms with Crippen LogP contribution in [0.15, 0.2) is 39.5 Å². The summed E-state index contributed by atoms with van der Waals surface area (Å²) in [6, 6.07) is 8.30. The molecule has 2 heterocycles. The Bertz CT molecular complexity index is 1050. The molecule has 3 aromatic rings. The van der Waals surface area contributed by atoms with Crippen LogP contribution in [0.4, 0.5) is 0 Å². The molecule has 2 N–H and O–H groups in total. The molecule has 2 aromatic heterocycles. The summed E-state index contributed by atoms with van der Waals surface area (Å²) in [5, 5.41) is 3.36. The topological polar surface area (TPSA) is 80.0 Å². The van der Waals surface area contributed by atoms with Gasteiger partial charge in [-0.05, 0) is 56.4 Å². The van der Waals surface area contributed by atoms with Gasteiger partial charge in [-0.15, -0.1) is 0 Å². The Kier molecular flexibility index (Phi) is 4.11. The summed E-state index contributed by atoms with van der Waals surface area (Å²) in [6.45, 7) is 3.70. The number of aromatic nitrogens is 2. The number of aryl methyl sites for hydroxylation is 1. The first-order chi connectivity index (χ1) is 11.4. The number of carbonyl (C=O) groups is 1. The second-order valence-electron chi connectivity index (χ2n) is 5.70. The molecular weight excluding hydrogens is 326 g/mol. The fourth-order valence-electron chi connectivity index (χ4n) is 2.48. The number of nitrogens with one attached hydrogen (secondary N) is 2. The van der Waals surface area contributed by atoms with E-state index in [2.05, 4.69) is 10.3 Å². The standard InChI is InChI=1S/C17H17N3O3S/c1-9-4-7-14(23-9)10(2)18-15(21)11-5-6-12-13(8-11)19-17(24)20(3)16(12)22/h4-8,10H,1-3H3,(H,18,21)(H,19,24)/t10-/m1/s1. The third-order valence-electron chi connectivity index (χ3n) is 3.90. The number of carbonyl (C=O) groups excluding carboxylic acids is 1. The molecule has 0 aliphatic heterocycles. The van der Waals surface area contributed by atoms with Crippen LogP contribution in [0, 0.1) is 11.7 Å². The van der Waals surface area contributed by atoms with Crippen molar-refractivity contribution in [2.24, 2.45) is 7.05 Å². The number of hydrogen-bond acceptors (Lipinski definition) is 4. The van der Waals surface area contributed by atoms with Crippen molar-refractivity contribution >= 4 is 29.0 Å². The van der Waals surface area contributed by atoms with Crippen LogP contribution in [0.3, 0.4) is 0 Å². The van der Waals surface area contributed by atoms with Gasteiger partial charge in [-0.2, -0.15) is 0 Å². The lowest BCUT2D eigenvalue weighted by molar-refractivity contribution is 0.0935. The number of rotatable bonds is 3. The van der Waals surface area contributed by atoms with E-state index in [4.69, 9.17) is 16.6 Å². The number of hydrogen-bond donors (Lipinski definition) is 2. The molecule has 0 unspecified atom stereocenters. The molecule has 1 atom stereocenters. The molecule has 7 heteroatoms. The van der Waals surface area contributed by atoms with Gasteiger partial charge < -0.3 is 14.7 Å². The summed E-state index contributed by atoms with van der Waals surface area (Å²) >= 11 is 5.11. The van der Waals surface area contributed by atoms with Gasteiger partial charge in [0, 0.05) is 12.6 Å². The highest BCUT2D eigenvalue weighted by atomic mass is 32.1. The molecule has 0 aliphatic rings. The fraction of sp³-hybridized carbons (Fsp3) is 0.235. The highest BCUT2D eigenvalue weighted by molar-refractivity contribution is 7.71. The Morgan fingerprint density at radius 3 is 2.75 bits per heavy atom. The highest BCUT2D eigenvalue weighted by Crippen LogP contribution is 2.17. The van der Waals surface area contributed by atoms with Gasteiger partial charge in [0.1, 0.15) is 11.5 Å². The van der Waals surface area contributed by atoms with Gasteiger partial charge in [0.05, 0.1) is 16.9 Å². The molecule has 6 nitrogen and oxygen atoms in total. The van der Waals surface area contributed by atoms with Crippen LogP contribution in [-0.2, 0) is 7.05 Å². The Labute approximate surface area is 143 Å².